The summed E-state index contributed by atoms with van der Waals surface area (Å²) in [5.41, 5.74) is 9.35. The van der Waals surface area contributed by atoms with E-state index in [9.17, 15) is 13.2 Å². The molecule has 0 saturated heterocycles. The molecule has 2 aromatic carbocycles. The van der Waals surface area contributed by atoms with Gasteiger partial charge in [-0.1, -0.05) is 23.7 Å². The third-order valence-electron chi connectivity index (χ3n) is 4.45. The molecule has 0 atom stereocenters. The molecule has 2 aromatic heterocycles. The van der Waals surface area contributed by atoms with Crippen LogP contribution in [0.1, 0.15) is 5.56 Å². The number of fused-ring (bicyclic) bond motifs is 3. The summed E-state index contributed by atoms with van der Waals surface area (Å²) in [5.74, 6) is 0.925. The minimum absolute atomic E-state index is 0.300. The van der Waals surface area contributed by atoms with Gasteiger partial charge in [-0.2, -0.15) is 0 Å². The molecule has 0 fully saturated rings. The van der Waals surface area contributed by atoms with Crippen molar-refractivity contribution in [1.82, 2.24) is 15.9 Å². The van der Waals surface area contributed by atoms with Crippen LogP contribution in [0.3, 0.4) is 0 Å². The molecular weight excluding hydrogens is 417 g/mol. The second-order valence-corrected chi connectivity index (χ2v) is 7.35. The predicted molar refractivity (Wildman–Crippen MR) is 108 cm³/mol. The van der Waals surface area contributed by atoms with Crippen molar-refractivity contribution in [3.05, 3.63) is 59.5 Å². The molecule has 0 saturated carbocycles. The number of nitrogens with zero attached hydrogens (tertiary/aromatic N) is 2. The Morgan fingerprint density at radius 2 is 1.97 bits per heavy atom. The van der Waals surface area contributed by atoms with Crippen LogP contribution >= 0.6 is 11.3 Å². The van der Waals surface area contributed by atoms with Gasteiger partial charge >= 0.3 is 6.36 Å². The molecule has 0 aliphatic carbocycles. The first-order valence-corrected chi connectivity index (χ1v) is 9.69. The number of quaternary nitrogens is 1. The predicted octanol–water partition coefficient (Wildman–Crippen LogP) is 3.34. The lowest BCUT2D eigenvalue weighted by Crippen LogP contribution is -2.87. The number of amidine groups is 1. The first-order valence-electron chi connectivity index (χ1n) is 8.81. The number of hydrazine groups is 1. The molecule has 152 valence electrons. The lowest BCUT2D eigenvalue weighted by atomic mass is 10.1. The maximum absolute atomic E-state index is 12.5. The van der Waals surface area contributed by atoms with Crippen LogP contribution in [0.2, 0.25) is 0 Å². The number of nitrogens with two attached hydrogens (primary N) is 1. The molecule has 0 radical (unpaired) electrons. The molecule has 0 unspecified atom stereocenters. The third-order valence-corrected chi connectivity index (χ3v) is 5.40. The van der Waals surface area contributed by atoms with Gasteiger partial charge < -0.3 is 10.1 Å². The van der Waals surface area contributed by atoms with Gasteiger partial charge in [0.25, 0.3) is 0 Å². The van der Waals surface area contributed by atoms with Crippen LogP contribution in [0, 0.1) is 0 Å². The highest BCUT2D eigenvalue weighted by atomic mass is 32.1. The number of rotatable bonds is 4. The molecule has 4 aromatic rings. The average molecular weight is 431 g/mol. The molecule has 5 rings (SSSR count). The number of benzene rings is 2. The lowest BCUT2D eigenvalue weighted by Gasteiger charge is -2.12. The van der Waals surface area contributed by atoms with E-state index in [0.29, 0.717) is 17.3 Å². The van der Waals surface area contributed by atoms with Crippen molar-refractivity contribution in [1.29, 1.82) is 0 Å². The first kappa shape index (κ1) is 18.6. The van der Waals surface area contributed by atoms with Crippen molar-refractivity contribution >= 4 is 49.7 Å². The van der Waals surface area contributed by atoms with E-state index in [1.54, 1.807) is 22.9 Å². The fourth-order valence-electron chi connectivity index (χ4n) is 3.23. The van der Waals surface area contributed by atoms with Crippen LogP contribution in [0.25, 0.3) is 21.0 Å². The summed E-state index contributed by atoms with van der Waals surface area (Å²) in [5, 5.41) is 11.2. The van der Waals surface area contributed by atoms with Crippen LogP contribution in [0.5, 0.6) is 5.75 Å². The fraction of sp³-hybridized carbons (Fsp3) is 0.0526. The molecule has 11 heteroatoms. The van der Waals surface area contributed by atoms with E-state index in [1.165, 1.54) is 18.2 Å². The van der Waals surface area contributed by atoms with E-state index in [4.69, 9.17) is 4.98 Å². The van der Waals surface area contributed by atoms with Gasteiger partial charge in [-0.05, 0) is 34.7 Å². The smallest absolute Gasteiger partial charge is 0.406 e. The molecule has 7 nitrogen and oxygen atoms in total. The number of hydrogen-bond acceptors (Lipinski definition) is 7. The minimum atomic E-state index is -4.75. The monoisotopic (exact) mass is 431 g/mol. The van der Waals surface area contributed by atoms with E-state index in [1.807, 2.05) is 29.6 Å². The van der Waals surface area contributed by atoms with E-state index in [0.717, 1.165) is 26.6 Å². The number of aromatic nitrogens is 1. The Morgan fingerprint density at radius 1 is 1.07 bits per heavy atom. The van der Waals surface area contributed by atoms with Crippen molar-refractivity contribution < 1.29 is 23.4 Å². The van der Waals surface area contributed by atoms with Crippen molar-refractivity contribution in [3.8, 4) is 5.75 Å². The lowest BCUT2D eigenvalue weighted by molar-refractivity contribution is -0.713. The van der Waals surface area contributed by atoms with Crippen LogP contribution < -0.4 is 26.5 Å². The third kappa shape index (κ3) is 3.61. The molecule has 0 spiro atoms. The summed E-state index contributed by atoms with van der Waals surface area (Å²) in [6.07, 6.45) is -4.75. The molecule has 3 heterocycles. The van der Waals surface area contributed by atoms with Gasteiger partial charge in [0, 0.05) is 32.8 Å². The van der Waals surface area contributed by atoms with Gasteiger partial charge in [0.2, 0.25) is 5.84 Å². The van der Waals surface area contributed by atoms with Gasteiger partial charge in [-0.3, -0.25) is 5.43 Å². The summed E-state index contributed by atoms with van der Waals surface area (Å²) in [7, 11) is 0. The molecule has 0 bridgehead atoms. The van der Waals surface area contributed by atoms with Gasteiger partial charge in [0.1, 0.15) is 11.6 Å². The highest BCUT2D eigenvalue weighted by Crippen LogP contribution is 2.35. The number of anilines is 2. The topological polar surface area (TPSA) is 87.2 Å². The highest BCUT2D eigenvalue weighted by molar-refractivity contribution is 7.18. The molecular formula is C19H14F3N6OS+. The number of alkyl halides is 3. The molecule has 30 heavy (non-hydrogen) atoms. The Morgan fingerprint density at radius 3 is 2.77 bits per heavy atom. The zero-order valence-electron chi connectivity index (χ0n) is 15.1. The minimum Gasteiger partial charge on any atom is -0.406 e. The molecule has 5 N–H and O–H groups in total. The maximum Gasteiger partial charge on any atom is 0.573 e. The van der Waals surface area contributed by atoms with Crippen molar-refractivity contribution in [2.24, 2.45) is 5.10 Å². The van der Waals surface area contributed by atoms with Crippen molar-refractivity contribution in [3.63, 3.8) is 0 Å². The van der Waals surface area contributed by atoms with Crippen molar-refractivity contribution in [2.45, 2.75) is 6.36 Å². The number of ether oxygens (including phenoxy) is 1. The Labute approximate surface area is 171 Å². The van der Waals surface area contributed by atoms with Crippen LogP contribution in [0.15, 0.2) is 59.0 Å². The second-order valence-electron chi connectivity index (χ2n) is 6.43. The molecule has 1 aliphatic rings. The maximum atomic E-state index is 12.5. The zero-order chi connectivity index (χ0) is 20.7. The van der Waals surface area contributed by atoms with E-state index < -0.39 is 6.36 Å². The van der Waals surface area contributed by atoms with Crippen LogP contribution in [-0.4, -0.2) is 17.2 Å². The van der Waals surface area contributed by atoms with Gasteiger partial charge in [-0.25, -0.2) is 4.98 Å². The van der Waals surface area contributed by atoms with Gasteiger partial charge in [-0.15, -0.1) is 30.0 Å². The summed E-state index contributed by atoms with van der Waals surface area (Å²) < 4.78 is 42.6. The van der Waals surface area contributed by atoms with E-state index in [2.05, 4.69) is 26.1 Å². The Kier molecular flexibility index (Phi) is 4.42. The largest absolute Gasteiger partial charge is 0.573 e. The first-order chi connectivity index (χ1) is 14.5. The molecule has 0 amide bonds. The fourth-order valence-corrected chi connectivity index (χ4v) is 4.16. The van der Waals surface area contributed by atoms with Gasteiger partial charge in [0.15, 0.2) is 0 Å². The Balaban J connectivity index is 1.56. The van der Waals surface area contributed by atoms with Crippen LogP contribution in [-0.2, 0) is 0 Å². The van der Waals surface area contributed by atoms with E-state index in [-0.39, 0.29) is 5.75 Å². The number of nitrogens with one attached hydrogen (secondary N) is 3. The normalized spacial score (nSPS) is 14.0. The highest BCUT2D eigenvalue weighted by Gasteiger charge is 2.31. The summed E-state index contributed by atoms with van der Waals surface area (Å²) in [6, 6.07) is 13.5. The number of pyridine rings is 1. The van der Waals surface area contributed by atoms with Gasteiger partial charge in [0.05, 0.1) is 5.52 Å². The molecule has 1 aliphatic heterocycles. The summed E-state index contributed by atoms with van der Waals surface area (Å²) in [6.45, 7) is 0. The second kappa shape index (κ2) is 7.13. The Hall–Kier alpha value is -3.41. The summed E-state index contributed by atoms with van der Waals surface area (Å²) in [4.78, 5) is 4.73. The zero-order valence-corrected chi connectivity index (χ0v) is 15.9. The average Bonchev–Trinajstić information content (AvgIpc) is 3.39. The van der Waals surface area contributed by atoms with Crippen LogP contribution in [0.4, 0.5) is 24.7 Å². The summed E-state index contributed by atoms with van der Waals surface area (Å²) >= 11 is 1.57. The van der Waals surface area contributed by atoms with E-state index >= 15 is 0 Å². The number of thiophene rings is 1. The Bertz CT molecular complexity index is 1290. The number of halogens is 3. The standard InChI is InChI=1S/C19H13F3N6OS/c20-19(21,22)29-12-3-1-2-11(9-12)23-18-14-6-7-30-16(14)13-5-4-10(8-15(13)24-18)17-25-27-28-26-17/h1-9,27-28H,(H,23,24)(H,25,26)/p+1. The number of hydrogen-bond donors (Lipinski definition) is 4. The SMILES string of the molecule is FC(F)(F)Oc1cccc(Nc2nc3cc(C4=N[NH2+]NN4)ccc3c3sccc23)c1. The van der Waals surface area contributed by atoms with Crippen molar-refractivity contribution in [2.75, 3.05) is 5.32 Å². The quantitative estimate of drug-likeness (QED) is 0.373.